The molecule has 0 saturated carbocycles. The number of nitro groups is 1. The van der Waals surface area contributed by atoms with Crippen molar-refractivity contribution in [1.29, 1.82) is 0 Å². The number of thioether (sulfide) groups is 1. The zero-order valence-corrected chi connectivity index (χ0v) is 16.3. The van der Waals surface area contributed by atoms with Gasteiger partial charge in [0.15, 0.2) is 5.16 Å². The Kier molecular flexibility index (Phi) is 6.05. The molecule has 0 aliphatic rings. The SMILES string of the molecule is Cc1cc([N+](=O)[O-])ccc1NC(=O)CSc1nnc(C)n1Cc1ccccc1. The first-order valence-corrected chi connectivity index (χ1v) is 9.54. The molecular formula is C19H19N5O3S. The van der Waals surface area contributed by atoms with E-state index in [1.54, 1.807) is 6.92 Å². The second-order valence-electron chi connectivity index (χ2n) is 6.19. The summed E-state index contributed by atoms with van der Waals surface area (Å²) in [6.45, 7) is 4.22. The van der Waals surface area contributed by atoms with E-state index in [9.17, 15) is 14.9 Å². The van der Waals surface area contributed by atoms with Crippen molar-refractivity contribution in [1.82, 2.24) is 14.8 Å². The number of benzene rings is 2. The highest BCUT2D eigenvalue weighted by molar-refractivity contribution is 7.99. The maximum absolute atomic E-state index is 12.3. The van der Waals surface area contributed by atoms with Gasteiger partial charge in [0.2, 0.25) is 5.91 Å². The number of nitrogens with zero attached hydrogens (tertiary/aromatic N) is 4. The zero-order chi connectivity index (χ0) is 20.1. The van der Waals surface area contributed by atoms with Gasteiger partial charge in [-0.1, -0.05) is 42.1 Å². The lowest BCUT2D eigenvalue weighted by atomic mass is 10.2. The molecule has 0 atom stereocenters. The fourth-order valence-electron chi connectivity index (χ4n) is 2.63. The van der Waals surface area contributed by atoms with Crippen LogP contribution in [0.3, 0.4) is 0 Å². The fraction of sp³-hybridized carbons (Fsp3) is 0.211. The number of carbonyl (C=O) groups is 1. The molecule has 2 aromatic carbocycles. The van der Waals surface area contributed by atoms with Crippen LogP contribution in [-0.2, 0) is 11.3 Å². The normalized spacial score (nSPS) is 10.6. The Morgan fingerprint density at radius 3 is 2.61 bits per heavy atom. The Labute approximate surface area is 166 Å². The Hall–Kier alpha value is -3.20. The van der Waals surface area contributed by atoms with Crippen LogP contribution in [0.2, 0.25) is 0 Å². The minimum atomic E-state index is -0.462. The number of amides is 1. The summed E-state index contributed by atoms with van der Waals surface area (Å²) in [7, 11) is 0. The Bertz CT molecular complexity index is 1000. The lowest BCUT2D eigenvalue weighted by Gasteiger charge is -2.10. The number of carbonyl (C=O) groups excluding carboxylic acids is 1. The van der Waals surface area contributed by atoms with Crippen LogP contribution in [0.5, 0.6) is 0 Å². The van der Waals surface area contributed by atoms with Crippen LogP contribution in [0.25, 0.3) is 0 Å². The van der Waals surface area contributed by atoms with Crippen LogP contribution in [0.1, 0.15) is 17.0 Å². The maximum atomic E-state index is 12.3. The minimum absolute atomic E-state index is 0.00522. The van der Waals surface area contributed by atoms with Gasteiger partial charge < -0.3 is 9.88 Å². The molecule has 0 radical (unpaired) electrons. The van der Waals surface area contributed by atoms with Gasteiger partial charge in [-0.25, -0.2) is 0 Å². The molecule has 9 heteroatoms. The molecule has 1 heterocycles. The number of anilines is 1. The van der Waals surface area contributed by atoms with Crippen molar-refractivity contribution in [3.05, 3.63) is 75.6 Å². The molecule has 0 fully saturated rings. The highest BCUT2D eigenvalue weighted by Crippen LogP contribution is 2.23. The molecule has 28 heavy (non-hydrogen) atoms. The van der Waals surface area contributed by atoms with Crippen molar-refractivity contribution in [2.75, 3.05) is 11.1 Å². The predicted molar refractivity (Wildman–Crippen MR) is 107 cm³/mol. The van der Waals surface area contributed by atoms with Crippen molar-refractivity contribution in [3.8, 4) is 0 Å². The van der Waals surface area contributed by atoms with E-state index in [2.05, 4.69) is 15.5 Å². The standard InChI is InChI=1S/C19H19N5O3S/c1-13-10-16(24(26)27)8-9-17(13)20-18(25)12-28-19-22-21-14(2)23(19)11-15-6-4-3-5-7-15/h3-10H,11-12H2,1-2H3,(H,20,25). The Morgan fingerprint density at radius 1 is 1.18 bits per heavy atom. The molecule has 0 spiro atoms. The molecule has 3 aromatic rings. The van der Waals surface area contributed by atoms with E-state index in [0.29, 0.717) is 23.0 Å². The molecule has 0 aliphatic heterocycles. The first-order valence-electron chi connectivity index (χ1n) is 8.55. The molecule has 1 N–H and O–H groups in total. The third-order valence-corrected chi connectivity index (χ3v) is 5.08. The number of nitro benzene ring substituents is 1. The molecule has 1 aromatic heterocycles. The molecule has 0 saturated heterocycles. The summed E-state index contributed by atoms with van der Waals surface area (Å²) in [6.07, 6.45) is 0. The van der Waals surface area contributed by atoms with Gasteiger partial charge in [0.1, 0.15) is 5.82 Å². The van der Waals surface area contributed by atoms with Crippen molar-refractivity contribution in [2.24, 2.45) is 0 Å². The van der Waals surface area contributed by atoms with Gasteiger partial charge in [-0.15, -0.1) is 10.2 Å². The van der Waals surface area contributed by atoms with E-state index in [1.807, 2.05) is 41.8 Å². The number of aryl methyl sites for hydroxylation is 2. The quantitative estimate of drug-likeness (QED) is 0.371. The van der Waals surface area contributed by atoms with Gasteiger partial charge in [0, 0.05) is 17.8 Å². The molecule has 1 amide bonds. The smallest absolute Gasteiger partial charge is 0.269 e. The lowest BCUT2D eigenvalue weighted by Crippen LogP contribution is -2.15. The summed E-state index contributed by atoms with van der Waals surface area (Å²) in [4.78, 5) is 22.7. The third-order valence-electron chi connectivity index (χ3n) is 4.11. The molecular weight excluding hydrogens is 378 g/mol. The summed E-state index contributed by atoms with van der Waals surface area (Å²) in [6, 6.07) is 14.3. The summed E-state index contributed by atoms with van der Waals surface area (Å²) in [5.41, 5.74) is 2.31. The van der Waals surface area contributed by atoms with E-state index >= 15 is 0 Å². The van der Waals surface area contributed by atoms with Gasteiger partial charge in [0.25, 0.3) is 5.69 Å². The van der Waals surface area contributed by atoms with Crippen LogP contribution in [-0.4, -0.2) is 31.3 Å². The number of nitrogens with one attached hydrogen (secondary N) is 1. The maximum Gasteiger partial charge on any atom is 0.269 e. The molecule has 0 bridgehead atoms. The summed E-state index contributed by atoms with van der Waals surface area (Å²) in [5, 5.41) is 22.5. The monoisotopic (exact) mass is 397 g/mol. The fourth-order valence-corrected chi connectivity index (χ4v) is 3.42. The van der Waals surface area contributed by atoms with Crippen LogP contribution < -0.4 is 5.32 Å². The molecule has 3 rings (SSSR count). The predicted octanol–water partition coefficient (Wildman–Crippen LogP) is 3.58. The van der Waals surface area contributed by atoms with Crippen molar-refractivity contribution < 1.29 is 9.72 Å². The van der Waals surface area contributed by atoms with Crippen molar-refractivity contribution >= 4 is 29.0 Å². The van der Waals surface area contributed by atoms with Crippen LogP contribution in [0, 0.1) is 24.0 Å². The summed E-state index contributed by atoms with van der Waals surface area (Å²) >= 11 is 1.30. The largest absolute Gasteiger partial charge is 0.325 e. The first-order chi connectivity index (χ1) is 13.4. The number of hydrogen-bond donors (Lipinski definition) is 1. The number of non-ortho nitro benzene ring substituents is 1. The van der Waals surface area contributed by atoms with Crippen LogP contribution in [0.15, 0.2) is 53.7 Å². The summed E-state index contributed by atoms with van der Waals surface area (Å²) in [5.74, 6) is 0.718. The molecule has 144 valence electrons. The Balaban J connectivity index is 1.63. The van der Waals surface area contributed by atoms with E-state index in [0.717, 1.165) is 11.4 Å². The average molecular weight is 397 g/mol. The van der Waals surface area contributed by atoms with Crippen molar-refractivity contribution in [2.45, 2.75) is 25.5 Å². The van der Waals surface area contributed by atoms with E-state index in [-0.39, 0.29) is 17.3 Å². The summed E-state index contributed by atoms with van der Waals surface area (Å²) < 4.78 is 1.96. The van der Waals surface area contributed by atoms with E-state index < -0.39 is 4.92 Å². The molecule has 0 aliphatic carbocycles. The van der Waals surface area contributed by atoms with Gasteiger partial charge in [0.05, 0.1) is 17.2 Å². The number of aromatic nitrogens is 3. The van der Waals surface area contributed by atoms with E-state index in [4.69, 9.17) is 0 Å². The first kappa shape index (κ1) is 19.6. The molecule has 0 unspecified atom stereocenters. The highest BCUT2D eigenvalue weighted by atomic mass is 32.2. The second-order valence-corrected chi connectivity index (χ2v) is 7.14. The van der Waals surface area contributed by atoms with Gasteiger partial charge >= 0.3 is 0 Å². The lowest BCUT2D eigenvalue weighted by molar-refractivity contribution is -0.384. The van der Waals surface area contributed by atoms with Crippen molar-refractivity contribution in [3.63, 3.8) is 0 Å². The zero-order valence-electron chi connectivity index (χ0n) is 15.5. The topological polar surface area (TPSA) is 103 Å². The second kappa shape index (κ2) is 8.66. The minimum Gasteiger partial charge on any atom is -0.325 e. The Morgan fingerprint density at radius 2 is 1.93 bits per heavy atom. The van der Waals surface area contributed by atoms with E-state index in [1.165, 1.54) is 30.0 Å². The average Bonchev–Trinajstić information content (AvgIpc) is 3.02. The van der Waals surface area contributed by atoms with Crippen LogP contribution in [0.4, 0.5) is 11.4 Å². The molecule has 8 nitrogen and oxygen atoms in total. The van der Waals surface area contributed by atoms with Gasteiger partial charge in [-0.2, -0.15) is 0 Å². The number of rotatable bonds is 7. The third kappa shape index (κ3) is 4.74. The van der Waals surface area contributed by atoms with Gasteiger partial charge in [-0.3, -0.25) is 14.9 Å². The number of hydrogen-bond acceptors (Lipinski definition) is 6. The van der Waals surface area contributed by atoms with Gasteiger partial charge in [-0.05, 0) is 31.0 Å². The highest BCUT2D eigenvalue weighted by Gasteiger charge is 2.14. The van der Waals surface area contributed by atoms with Crippen LogP contribution >= 0.6 is 11.8 Å².